The van der Waals surface area contributed by atoms with Crippen molar-refractivity contribution in [1.82, 2.24) is 4.98 Å². The molecule has 0 aliphatic rings. The number of aromatic nitrogens is 1. The molecule has 1 N–H and O–H groups in total. The van der Waals surface area contributed by atoms with Gasteiger partial charge in [-0.05, 0) is 31.4 Å². The molecule has 0 aliphatic carbocycles. The van der Waals surface area contributed by atoms with Gasteiger partial charge < -0.3 is 5.11 Å². The number of carboxylic acid groups (broad SMARTS) is 1. The second kappa shape index (κ2) is 4.96. The molecule has 0 unspecified atom stereocenters. The van der Waals surface area contributed by atoms with Gasteiger partial charge in [0.05, 0.1) is 0 Å². The Balaban J connectivity index is 2.60. The molecule has 0 amide bonds. The summed E-state index contributed by atoms with van der Waals surface area (Å²) in [5.41, 5.74) is 1.09. The maximum atomic E-state index is 10.5. The van der Waals surface area contributed by atoms with Gasteiger partial charge in [-0.2, -0.15) is 0 Å². The van der Waals surface area contributed by atoms with Crippen molar-refractivity contribution in [3.8, 4) is 0 Å². The summed E-state index contributed by atoms with van der Waals surface area (Å²) in [6.45, 7) is 1.93. The molecule has 0 aromatic carbocycles. The molecule has 0 saturated heterocycles. The molecule has 14 heavy (non-hydrogen) atoms. The smallest absolute Gasteiger partial charge is 0.354 e. The summed E-state index contributed by atoms with van der Waals surface area (Å²) < 4.78 is 0. The summed E-state index contributed by atoms with van der Waals surface area (Å²) in [7, 11) is 0. The van der Waals surface area contributed by atoms with Crippen molar-refractivity contribution in [2.45, 2.75) is 25.1 Å². The van der Waals surface area contributed by atoms with Gasteiger partial charge in [-0.3, -0.25) is 0 Å². The lowest BCUT2D eigenvalue weighted by Gasteiger charge is -2.02. The van der Waals surface area contributed by atoms with Crippen molar-refractivity contribution in [3.05, 3.63) is 29.6 Å². The zero-order valence-corrected chi connectivity index (χ0v) is 8.66. The monoisotopic (exact) mass is 213 g/mol. The molecule has 1 atom stereocenters. The van der Waals surface area contributed by atoms with Crippen molar-refractivity contribution >= 4 is 17.6 Å². The van der Waals surface area contributed by atoms with Crippen molar-refractivity contribution in [2.75, 3.05) is 0 Å². The van der Waals surface area contributed by atoms with Crippen LogP contribution in [0, 0.1) is 0 Å². The standard InChI is InChI=1S/C10H12ClNO2/c1-7(11)2-3-8-4-5-9(10(13)14)12-6-8/h4-7H,2-3H2,1H3,(H,13,14)/t7-/m1/s1. The summed E-state index contributed by atoms with van der Waals surface area (Å²) in [5.74, 6) is -0.998. The number of hydrogen-bond donors (Lipinski definition) is 1. The molecule has 3 nitrogen and oxygen atoms in total. The SMILES string of the molecule is C[C@@H](Cl)CCc1ccc(C(=O)O)nc1. The molecule has 76 valence electrons. The number of aryl methyl sites for hydroxylation is 1. The zero-order chi connectivity index (χ0) is 10.6. The Morgan fingerprint density at radius 3 is 2.79 bits per heavy atom. The van der Waals surface area contributed by atoms with Crippen LogP contribution in [0.2, 0.25) is 0 Å². The summed E-state index contributed by atoms with van der Waals surface area (Å²) >= 11 is 5.79. The van der Waals surface area contributed by atoms with E-state index in [0.717, 1.165) is 18.4 Å². The molecule has 1 rings (SSSR count). The lowest BCUT2D eigenvalue weighted by molar-refractivity contribution is 0.0690. The zero-order valence-electron chi connectivity index (χ0n) is 7.90. The third-order valence-corrected chi connectivity index (χ3v) is 2.09. The van der Waals surface area contributed by atoms with Crippen LogP contribution in [0.3, 0.4) is 0 Å². The number of pyridine rings is 1. The molecule has 1 aromatic rings. The van der Waals surface area contributed by atoms with E-state index in [1.807, 2.05) is 6.92 Å². The summed E-state index contributed by atoms with van der Waals surface area (Å²) in [6.07, 6.45) is 3.29. The van der Waals surface area contributed by atoms with Crippen molar-refractivity contribution < 1.29 is 9.90 Å². The molecular formula is C10H12ClNO2. The van der Waals surface area contributed by atoms with Crippen LogP contribution in [0.25, 0.3) is 0 Å². The van der Waals surface area contributed by atoms with E-state index in [4.69, 9.17) is 16.7 Å². The third kappa shape index (κ3) is 3.34. The maximum absolute atomic E-state index is 10.5. The van der Waals surface area contributed by atoms with Crippen LogP contribution in [0.15, 0.2) is 18.3 Å². The number of carbonyl (C=O) groups is 1. The first-order chi connectivity index (χ1) is 6.59. The summed E-state index contributed by atoms with van der Waals surface area (Å²) in [4.78, 5) is 14.3. The third-order valence-electron chi connectivity index (χ3n) is 1.87. The van der Waals surface area contributed by atoms with Crippen molar-refractivity contribution in [2.24, 2.45) is 0 Å². The highest BCUT2D eigenvalue weighted by Gasteiger charge is 2.04. The van der Waals surface area contributed by atoms with Crippen LogP contribution in [-0.4, -0.2) is 21.4 Å². The van der Waals surface area contributed by atoms with Gasteiger partial charge in [0.25, 0.3) is 0 Å². The molecule has 4 heteroatoms. The number of halogens is 1. The first kappa shape index (κ1) is 11.0. The Hall–Kier alpha value is -1.09. The van der Waals surface area contributed by atoms with Crippen LogP contribution in [0.4, 0.5) is 0 Å². The Kier molecular flexibility index (Phi) is 3.89. The van der Waals surface area contributed by atoms with Gasteiger partial charge in [0, 0.05) is 11.6 Å². The second-order valence-corrected chi connectivity index (χ2v) is 3.92. The van der Waals surface area contributed by atoms with Gasteiger partial charge >= 0.3 is 5.97 Å². The maximum Gasteiger partial charge on any atom is 0.354 e. The van der Waals surface area contributed by atoms with Gasteiger partial charge in [-0.1, -0.05) is 6.07 Å². The Labute approximate surface area is 87.7 Å². The topological polar surface area (TPSA) is 50.2 Å². The molecule has 1 aromatic heterocycles. The van der Waals surface area contributed by atoms with E-state index in [2.05, 4.69) is 4.98 Å². The fourth-order valence-electron chi connectivity index (χ4n) is 1.06. The van der Waals surface area contributed by atoms with Gasteiger partial charge in [-0.15, -0.1) is 11.6 Å². The Morgan fingerprint density at radius 1 is 1.64 bits per heavy atom. The van der Waals surface area contributed by atoms with Crippen LogP contribution >= 0.6 is 11.6 Å². The van der Waals surface area contributed by atoms with Crippen molar-refractivity contribution in [3.63, 3.8) is 0 Å². The van der Waals surface area contributed by atoms with Crippen LogP contribution in [0.1, 0.15) is 29.4 Å². The number of aromatic carboxylic acids is 1. The number of alkyl halides is 1. The molecule has 0 fully saturated rings. The molecule has 0 radical (unpaired) electrons. The fraction of sp³-hybridized carbons (Fsp3) is 0.400. The highest BCUT2D eigenvalue weighted by atomic mass is 35.5. The van der Waals surface area contributed by atoms with E-state index in [-0.39, 0.29) is 11.1 Å². The van der Waals surface area contributed by atoms with E-state index < -0.39 is 5.97 Å². The normalized spacial score (nSPS) is 12.4. The predicted molar refractivity (Wildman–Crippen MR) is 54.8 cm³/mol. The highest BCUT2D eigenvalue weighted by molar-refractivity contribution is 6.20. The summed E-state index contributed by atoms with van der Waals surface area (Å²) in [6, 6.07) is 3.28. The molecule has 0 aliphatic heterocycles. The van der Waals surface area contributed by atoms with E-state index in [1.54, 1.807) is 12.3 Å². The van der Waals surface area contributed by atoms with Crippen LogP contribution in [-0.2, 0) is 6.42 Å². The predicted octanol–water partition coefficient (Wildman–Crippen LogP) is 2.34. The molecule has 0 spiro atoms. The van der Waals surface area contributed by atoms with Crippen LogP contribution < -0.4 is 0 Å². The number of hydrogen-bond acceptors (Lipinski definition) is 2. The lowest BCUT2D eigenvalue weighted by atomic mass is 10.1. The van der Waals surface area contributed by atoms with Gasteiger partial charge in [0.15, 0.2) is 0 Å². The summed E-state index contributed by atoms with van der Waals surface area (Å²) in [5, 5.41) is 8.74. The minimum atomic E-state index is -0.998. The van der Waals surface area contributed by atoms with E-state index in [0.29, 0.717) is 0 Å². The van der Waals surface area contributed by atoms with E-state index >= 15 is 0 Å². The molecule has 1 heterocycles. The Bertz CT molecular complexity index is 308. The van der Waals surface area contributed by atoms with E-state index in [9.17, 15) is 4.79 Å². The van der Waals surface area contributed by atoms with Gasteiger partial charge in [0.2, 0.25) is 0 Å². The average Bonchev–Trinajstić information content (AvgIpc) is 2.15. The highest BCUT2D eigenvalue weighted by Crippen LogP contribution is 2.08. The number of nitrogens with zero attached hydrogens (tertiary/aromatic N) is 1. The first-order valence-corrected chi connectivity index (χ1v) is 4.85. The van der Waals surface area contributed by atoms with E-state index in [1.165, 1.54) is 6.07 Å². The molecular weight excluding hydrogens is 202 g/mol. The molecule has 0 bridgehead atoms. The minimum Gasteiger partial charge on any atom is -0.477 e. The van der Waals surface area contributed by atoms with Gasteiger partial charge in [0.1, 0.15) is 5.69 Å². The average molecular weight is 214 g/mol. The first-order valence-electron chi connectivity index (χ1n) is 4.42. The minimum absolute atomic E-state index is 0.0765. The molecule has 0 saturated carbocycles. The second-order valence-electron chi connectivity index (χ2n) is 3.18. The number of rotatable bonds is 4. The van der Waals surface area contributed by atoms with Crippen LogP contribution in [0.5, 0.6) is 0 Å². The Morgan fingerprint density at radius 2 is 2.36 bits per heavy atom. The largest absolute Gasteiger partial charge is 0.477 e. The van der Waals surface area contributed by atoms with Gasteiger partial charge in [-0.25, -0.2) is 9.78 Å². The van der Waals surface area contributed by atoms with Crippen molar-refractivity contribution in [1.29, 1.82) is 0 Å². The number of carboxylic acids is 1. The fourth-order valence-corrected chi connectivity index (χ4v) is 1.17. The quantitative estimate of drug-likeness (QED) is 0.782. The lowest BCUT2D eigenvalue weighted by Crippen LogP contribution is -2.01.